The van der Waals surface area contributed by atoms with Crippen LogP contribution in [0.15, 0.2) is 36.4 Å². The van der Waals surface area contributed by atoms with Crippen LogP contribution in [0, 0.1) is 11.6 Å². The summed E-state index contributed by atoms with van der Waals surface area (Å²) in [5.74, 6) is -2.35. The van der Waals surface area contributed by atoms with Crippen molar-refractivity contribution < 1.29 is 22.0 Å². The van der Waals surface area contributed by atoms with Crippen LogP contribution in [0.4, 0.5) is 33.3 Å². The van der Waals surface area contributed by atoms with Crippen LogP contribution in [0.25, 0.3) is 0 Å². The Kier molecular flexibility index (Phi) is 4.02. The number of hydrogen-bond acceptors (Lipinski definition) is 2. The Hall–Kier alpha value is -2.31. The average molecular weight is 302 g/mol. The molecule has 112 valence electrons. The SMILES string of the molecule is Nc1ccc(F)c(F)c1NCc1ccccc1C(F)(F)F. The van der Waals surface area contributed by atoms with Crippen molar-refractivity contribution in [3.05, 3.63) is 59.2 Å². The summed E-state index contributed by atoms with van der Waals surface area (Å²) in [5, 5.41) is 2.41. The quantitative estimate of drug-likeness (QED) is 0.659. The van der Waals surface area contributed by atoms with E-state index in [2.05, 4.69) is 5.32 Å². The van der Waals surface area contributed by atoms with Crippen LogP contribution in [-0.4, -0.2) is 0 Å². The number of anilines is 2. The fourth-order valence-electron chi connectivity index (χ4n) is 1.88. The van der Waals surface area contributed by atoms with E-state index in [0.717, 1.165) is 18.2 Å². The topological polar surface area (TPSA) is 38.0 Å². The first-order chi connectivity index (χ1) is 9.80. The van der Waals surface area contributed by atoms with Gasteiger partial charge in [0.25, 0.3) is 0 Å². The van der Waals surface area contributed by atoms with E-state index >= 15 is 0 Å². The summed E-state index contributed by atoms with van der Waals surface area (Å²) in [7, 11) is 0. The molecule has 2 nitrogen and oxygen atoms in total. The normalized spacial score (nSPS) is 11.5. The lowest BCUT2D eigenvalue weighted by molar-refractivity contribution is -0.138. The minimum absolute atomic E-state index is 0.0848. The Balaban J connectivity index is 2.28. The van der Waals surface area contributed by atoms with Gasteiger partial charge in [-0.15, -0.1) is 0 Å². The third kappa shape index (κ3) is 3.24. The molecule has 2 aromatic rings. The molecular weight excluding hydrogens is 291 g/mol. The highest BCUT2D eigenvalue weighted by Crippen LogP contribution is 2.33. The van der Waals surface area contributed by atoms with Gasteiger partial charge in [0.2, 0.25) is 0 Å². The molecule has 0 aliphatic heterocycles. The lowest BCUT2D eigenvalue weighted by Crippen LogP contribution is -2.13. The van der Waals surface area contributed by atoms with Crippen molar-refractivity contribution in [2.75, 3.05) is 11.1 Å². The van der Waals surface area contributed by atoms with E-state index in [4.69, 9.17) is 5.73 Å². The second-order valence-electron chi connectivity index (χ2n) is 4.33. The van der Waals surface area contributed by atoms with Gasteiger partial charge >= 0.3 is 6.18 Å². The molecule has 0 unspecified atom stereocenters. The molecule has 0 heterocycles. The minimum Gasteiger partial charge on any atom is -0.397 e. The van der Waals surface area contributed by atoms with Crippen molar-refractivity contribution in [2.45, 2.75) is 12.7 Å². The molecule has 0 saturated carbocycles. The Morgan fingerprint density at radius 2 is 1.67 bits per heavy atom. The summed E-state index contributed by atoms with van der Waals surface area (Å²) >= 11 is 0. The summed E-state index contributed by atoms with van der Waals surface area (Å²) in [5.41, 5.74) is 4.12. The number of benzene rings is 2. The highest BCUT2D eigenvalue weighted by Gasteiger charge is 2.32. The monoisotopic (exact) mass is 302 g/mol. The third-order valence-corrected chi connectivity index (χ3v) is 2.91. The molecule has 3 N–H and O–H groups in total. The average Bonchev–Trinajstić information content (AvgIpc) is 2.42. The van der Waals surface area contributed by atoms with E-state index in [9.17, 15) is 22.0 Å². The van der Waals surface area contributed by atoms with Crippen LogP contribution < -0.4 is 11.1 Å². The van der Waals surface area contributed by atoms with Gasteiger partial charge in [-0.3, -0.25) is 0 Å². The van der Waals surface area contributed by atoms with E-state index in [-0.39, 0.29) is 23.5 Å². The zero-order valence-electron chi connectivity index (χ0n) is 10.6. The van der Waals surface area contributed by atoms with Crippen molar-refractivity contribution in [2.24, 2.45) is 0 Å². The zero-order chi connectivity index (χ0) is 15.6. The number of hydrogen-bond donors (Lipinski definition) is 2. The molecule has 0 aliphatic rings. The van der Waals surface area contributed by atoms with Gasteiger partial charge in [0, 0.05) is 6.54 Å². The van der Waals surface area contributed by atoms with E-state index in [1.165, 1.54) is 18.2 Å². The van der Waals surface area contributed by atoms with E-state index in [1.54, 1.807) is 0 Å². The van der Waals surface area contributed by atoms with E-state index in [1.807, 2.05) is 0 Å². The number of rotatable bonds is 3. The second kappa shape index (κ2) is 5.59. The van der Waals surface area contributed by atoms with Gasteiger partial charge in [0.05, 0.1) is 16.9 Å². The summed E-state index contributed by atoms with van der Waals surface area (Å²) in [6.45, 7) is -0.333. The van der Waals surface area contributed by atoms with Gasteiger partial charge in [-0.25, -0.2) is 8.78 Å². The van der Waals surface area contributed by atoms with Crippen molar-refractivity contribution in [3.8, 4) is 0 Å². The Morgan fingerprint density at radius 3 is 2.33 bits per heavy atom. The maximum absolute atomic E-state index is 13.6. The van der Waals surface area contributed by atoms with Crippen molar-refractivity contribution in [1.82, 2.24) is 0 Å². The summed E-state index contributed by atoms with van der Waals surface area (Å²) in [4.78, 5) is 0. The number of nitrogens with one attached hydrogen (secondary N) is 1. The lowest BCUT2D eigenvalue weighted by Gasteiger charge is -2.15. The van der Waals surface area contributed by atoms with Gasteiger partial charge in [-0.2, -0.15) is 13.2 Å². The fourth-order valence-corrected chi connectivity index (χ4v) is 1.88. The van der Waals surface area contributed by atoms with Crippen molar-refractivity contribution >= 4 is 11.4 Å². The van der Waals surface area contributed by atoms with Crippen LogP contribution in [0.2, 0.25) is 0 Å². The minimum atomic E-state index is -4.52. The highest BCUT2D eigenvalue weighted by molar-refractivity contribution is 5.67. The molecule has 0 aromatic heterocycles. The van der Waals surface area contributed by atoms with Gasteiger partial charge in [0.15, 0.2) is 11.6 Å². The molecule has 21 heavy (non-hydrogen) atoms. The number of nitrogens with two attached hydrogens (primary N) is 1. The molecule has 0 saturated heterocycles. The smallest absolute Gasteiger partial charge is 0.397 e. The Labute approximate surface area is 117 Å². The summed E-state index contributed by atoms with van der Waals surface area (Å²) < 4.78 is 65.1. The second-order valence-corrected chi connectivity index (χ2v) is 4.33. The maximum atomic E-state index is 13.6. The first-order valence-corrected chi connectivity index (χ1v) is 5.93. The van der Waals surface area contributed by atoms with Crippen molar-refractivity contribution in [3.63, 3.8) is 0 Å². The molecule has 2 rings (SSSR count). The third-order valence-electron chi connectivity index (χ3n) is 2.91. The predicted octanol–water partition coefficient (Wildman–Crippen LogP) is 4.18. The molecule has 7 heteroatoms. The molecular formula is C14H11F5N2. The molecule has 0 amide bonds. The number of halogens is 5. The Morgan fingerprint density at radius 1 is 1.00 bits per heavy atom. The number of alkyl halides is 3. The van der Waals surface area contributed by atoms with Crippen LogP contribution in [-0.2, 0) is 12.7 Å². The van der Waals surface area contributed by atoms with Gasteiger partial charge in [-0.1, -0.05) is 18.2 Å². The fraction of sp³-hybridized carbons (Fsp3) is 0.143. The molecule has 0 atom stereocenters. The van der Waals surface area contributed by atoms with Gasteiger partial charge in [-0.05, 0) is 23.8 Å². The molecule has 0 fully saturated rings. The predicted molar refractivity (Wildman–Crippen MR) is 69.5 cm³/mol. The van der Waals surface area contributed by atoms with Gasteiger partial charge < -0.3 is 11.1 Å². The van der Waals surface area contributed by atoms with E-state index in [0.29, 0.717) is 0 Å². The molecule has 0 radical (unpaired) electrons. The zero-order valence-corrected chi connectivity index (χ0v) is 10.6. The highest BCUT2D eigenvalue weighted by atomic mass is 19.4. The van der Waals surface area contributed by atoms with Crippen LogP contribution in [0.3, 0.4) is 0 Å². The van der Waals surface area contributed by atoms with Crippen molar-refractivity contribution in [1.29, 1.82) is 0 Å². The first-order valence-electron chi connectivity index (χ1n) is 5.93. The van der Waals surface area contributed by atoms with Crippen LogP contribution in [0.5, 0.6) is 0 Å². The summed E-state index contributed by atoms with van der Waals surface area (Å²) in [6, 6.07) is 6.84. The molecule has 0 aliphatic carbocycles. The molecule has 0 bridgehead atoms. The largest absolute Gasteiger partial charge is 0.416 e. The number of nitrogen functional groups attached to an aromatic ring is 1. The van der Waals surface area contributed by atoms with Crippen LogP contribution in [0.1, 0.15) is 11.1 Å². The van der Waals surface area contributed by atoms with Crippen LogP contribution >= 0.6 is 0 Å². The summed E-state index contributed by atoms with van der Waals surface area (Å²) in [6.07, 6.45) is -4.52. The molecule has 2 aromatic carbocycles. The van der Waals surface area contributed by atoms with E-state index < -0.39 is 23.4 Å². The lowest BCUT2D eigenvalue weighted by atomic mass is 10.1. The maximum Gasteiger partial charge on any atom is 0.416 e. The first kappa shape index (κ1) is 15.1. The molecule has 0 spiro atoms. The van der Waals surface area contributed by atoms with Gasteiger partial charge in [0.1, 0.15) is 0 Å². The standard InChI is InChI=1S/C14H11F5N2/c15-10-5-6-11(20)13(12(10)16)21-7-8-3-1-2-4-9(8)14(17,18)19/h1-6,21H,7,20H2. The Bertz CT molecular complexity index is 652.